The molecule has 0 amide bonds. The molecule has 1 atom stereocenters. The predicted octanol–water partition coefficient (Wildman–Crippen LogP) is 2.12. The van der Waals surface area contributed by atoms with Gasteiger partial charge in [0.2, 0.25) is 0 Å². The zero-order valence-corrected chi connectivity index (χ0v) is 8.96. The summed E-state index contributed by atoms with van der Waals surface area (Å²) < 4.78 is 0. The number of nitrogens with zero attached hydrogens (tertiary/aromatic N) is 1. The summed E-state index contributed by atoms with van der Waals surface area (Å²) in [7, 11) is 0. The lowest BCUT2D eigenvalue weighted by Crippen LogP contribution is -2.07. The van der Waals surface area contributed by atoms with Crippen molar-refractivity contribution >= 4 is 10.9 Å². The molecule has 0 aliphatic carbocycles. The molecule has 1 aromatic carbocycles. The van der Waals surface area contributed by atoms with Gasteiger partial charge in [0.05, 0.1) is 11.6 Å². The highest BCUT2D eigenvalue weighted by atomic mass is 14.9. The lowest BCUT2D eigenvalue weighted by atomic mass is 9.97. The van der Waals surface area contributed by atoms with E-state index in [0.717, 1.165) is 24.2 Å². The Bertz CT molecular complexity index is 556. The first-order valence-corrected chi connectivity index (χ1v) is 5.60. The Labute approximate surface area is 94.1 Å². The smallest absolute Gasteiger partial charge is 0.0991 e. The minimum atomic E-state index is 0.586. The molecule has 3 rings (SSSR count). The fourth-order valence-electron chi connectivity index (χ4n) is 2.47. The molecule has 2 aromatic rings. The number of aromatic nitrogens is 1. The van der Waals surface area contributed by atoms with E-state index in [0.29, 0.717) is 5.92 Å². The number of fused-ring (bicyclic) bond motifs is 1. The molecule has 3 heteroatoms. The van der Waals surface area contributed by atoms with Gasteiger partial charge >= 0.3 is 0 Å². The fraction of sp³-hybridized carbons (Fsp3) is 0.308. The Kier molecular flexibility index (Phi) is 2.16. The van der Waals surface area contributed by atoms with E-state index in [1.54, 1.807) is 0 Å². The maximum absolute atomic E-state index is 8.92. The fourth-order valence-corrected chi connectivity index (χ4v) is 2.47. The van der Waals surface area contributed by atoms with Crippen LogP contribution >= 0.6 is 0 Å². The number of H-pyrrole nitrogens is 1. The Morgan fingerprint density at radius 3 is 3.06 bits per heavy atom. The Morgan fingerprint density at radius 2 is 2.31 bits per heavy atom. The Balaban J connectivity index is 2.14. The summed E-state index contributed by atoms with van der Waals surface area (Å²) in [5.74, 6) is 0.586. The summed E-state index contributed by atoms with van der Waals surface area (Å²) in [4.78, 5) is 3.28. The number of rotatable bonds is 1. The number of nitriles is 1. The third kappa shape index (κ3) is 1.39. The largest absolute Gasteiger partial charge is 0.361 e. The second kappa shape index (κ2) is 3.66. The number of hydrogen-bond acceptors (Lipinski definition) is 2. The minimum Gasteiger partial charge on any atom is -0.361 e. The molecule has 0 spiro atoms. The molecule has 3 nitrogen and oxygen atoms in total. The average molecular weight is 211 g/mol. The number of benzene rings is 1. The third-order valence-corrected chi connectivity index (χ3v) is 3.34. The van der Waals surface area contributed by atoms with E-state index < -0.39 is 0 Å². The van der Waals surface area contributed by atoms with Gasteiger partial charge in [-0.25, -0.2) is 0 Å². The first kappa shape index (κ1) is 9.44. The first-order chi connectivity index (χ1) is 7.88. The van der Waals surface area contributed by atoms with Crippen molar-refractivity contribution in [3.05, 3.63) is 35.5 Å². The van der Waals surface area contributed by atoms with Crippen LogP contribution in [0.2, 0.25) is 0 Å². The molecule has 1 aromatic heterocycles. The van der Waals surface area contributed by atoms with Crippen molar-refractivity contribution in [2.75, 3.05) is 13.1 Å². The highest BCUT2D eigenvalue weighted by molar-refractivity contribution is 5.85. The molecule has 0 radical (unpaired) electrons. The molecule has 2 heterocycles. The molecular formula is C13H13N3. The quantitative estimate of drug-likeness (QED) is 0.759. The Morgan fingerprint density at radius 1 is 1.38 bits per heavy atom. The van der Waals surface area contributed by atoms with Gasteiger partial charge in [-0.15, -0.1) is 0 Å². The second-order valence-electron chi connectivity index (χ2n) is 4.31. The summed E-state index contributed by atoms with van der Waals surface area (Å²) in [5.41, 5.74) is 3.21. The summed E-state index contributed by atoms with van der Waals surface area (Å²) >= 11 is 0. The van der Waals surface area contributed by atoms with Crippen molar-refractivity contribution in [3.8, 4) is 6.07 Å². The molecule has 16 heavy (non-hydrogen) atoms. The zero-order chi connectivity index (χ0) is 11.0. The third-order valence-electron chi connectivity index (χ3n) is 3.34. The van der Waals surface area contributed by atoms with Crippen molar-refractivity contribution in [1.82, 2.24) is 10.3 Å². The minimum absolute atomic E-state index is 0.586. The molecule has 2 N–H and O–H groups in total. The van der Waals surface area contributed by atoms with Crippen LogP contribution in [0, 0.1) is 11.3 Å². The maximum atomic E-state index is 8.92. The van der Waals surface area contributed by atoms with Crippen LogP contribution in [0.3, 0.4) is 0 Å². The lowest BCUT2D eigenvalue weighted by molar-refractivity contribution is 0.769. The van der Waals surface area contributed by atoms with E-state index in [9.17, 15) is 0 Å². The van der Waals surface area contributed by atoms with Crippen LogP contribution in [0.4, 0.5) is 0 Å². The van der Waals surface area contributed by atoms with Crippen molar-refractivity contribution in [3.63, 3.8) is 0 Å². The molecule has 1 fully saturated rings. The number of hydrogen-bond donors (Lipinski definition) is 2. The van der Waals surface area contributed by atoms with Crippen LogP contribution in [-0.2, 0) is 0 Å². The summed E-state index contributed by atoms with van der Waals surface area (Å²) in [6, 6.07) is 8.03. The van der Waals surface area contributed by atoms with Gasteiger partial charge in [0.1, 0.15) is 0 Å². The van der Waals surface area contributed by atoms with Gasteiger partial charge in [0, 0.05) is 23.6 Å². The van der Waals surface area contributed by atoms with E-state index in [4.69, 9.17) is 5.26 Å². The van der Waals surface area contributed by atoms with Crippen LogP contribution in [0.15, 0.2) is 24.4 Å². The van der Waals surface area contributed by atoms with E-state index in [2.05, 4.69) is 22.6 Å². The van der Waals surface area contributed by atoms with Crippen LogP contribution in [0.5, 0.6) is 0 Å². The van der Waals surface area contributed by atoms with Gasteiger partial charge in [0.25, 0.3) is 0 Å². The molecule has 1 saturated heterocycles. The zero-order valence-electron chi connectivity index (χ0n) is 8.96. The lowest BCUT2D eigenvalue weighted by Gasteiger charge is -2.06. The highest BCUT2D eigenvalue weighted by Gasteiger charge is 2.19. The van der Waals surface area contributed by atoms with Gasteiger partial charge in [-0.2, -0.15) is 5.26 Å². The van der Waals surface area contributed by atoms with E-state index in [-0.39, 0.29) is 0 Å². The standard InChI is InChI=1S/C13H13N3/c14-6-9-1-2-13-11(5-9)12(8-16-13)10-3-4-15-7-10/h1-2,5,8,10,15-16H,3-4,7H2. The van der Waals surface area contributed by atoms with Crippen molar-refractivity contribution in [1.29, 1.82) is 5.26 Å². The van der Waals surface area contributed by atoms with Crippen LogP contribution in [-0.4, -0.2) is 18.1 Å². The van der Waals surface area contributed by atoms with Gasteiger partial charge < -0.3 is 10.3 Å². The first-order valence-electron chi connectivity index (χ1n) is 5.60. The average Bonchev–Trinajstić information content (AvgIpc) is 2.96. The van der Waals surface area contributed by atoms with E-state index >= 15 is 0 Å². The molecular weight excluding hydrogens is 198 g/mol. The van der Waals surface area contributed by atoms with Gasteiger partial charge in [-0.05, 0) is 42.6 Å². The van der Waals surface area contributed by atoms with Crippen molar-refractivity contribution < 1.29 is 0 Å². The molecule has 80 valence electrons. The monoisotopic (exact) mass is 211 g/mol. The topological polar surface area (TPSA) is 51.6 Å². The van der Waals surface area contributed by atoms with Gasteiger partial charge in [0.15, 0.2) is 0 Å². The van der Waals surface area contributed by atoms with Crippen molar-refractivity contribution in [2.24, 2.45) is 0 Å². The Hall–Kier alpha value is -1.79. The van der Waals surface area contributed by atoms with E-state index in [1.165, 1.54) is 17.4 Å². The van der Waals surface area contributed by atoms with Crippen LogP contribution in [0.25, 0.3) is 10.9 Å². The molecule has 1 unspecified atom stereocenters. The molecule has 1 aliphatic heterocycles. The normalized spacial score (nSPS) is 20.1. The van der Waals surface area contributed by atoms with Gasteiger partial charge in [-0.3, -0.25) is 0 Å². The van der Waals surface area contributed by atoms with Gasteiger partial charge in [-0.1, -0.05) is 0 Å². The number of nitrogens with one attached hydrogen (secondary N) is 2. The van der Waals surface area contributed by atoms with Crippen LogP contribution < -0.4 is 5.32 Å². The SMILES string of the molecule is N#Cc1ccc2[nH]cc(C3CCNC3)c2c1. The summed E-state index contributed by atoms with van der Waals surface area (Å²) in [5, 5.41) is 13.5. The van der Waals surface area contributed by atoms with Crippen molar-refractivity contribution in [2.45, 2.75) is 12.3 Å². The number of aromatic amines is 1. The second-order valence-corrected chi connectivity index (χ2v) is 4.31. The van der Waals surface area contributed by atoms with Crippen LogP contribution in [0.1, 0.15) is 23.5 Å². The summed E-state index contributed by atoms with van der Waals surface area (Å²) in [6.45, 7) is 2.14. The molecule has 1 aliphatic rings. The maximum Gasteiger partial charge on any atom is 0.0991 e. The molecule has 0 saturated carbocycles. The highest BCUT2D eigenvalue weighted by Crippen LogP contribution is 2.29. The molecule has 0 bridgehead atoms. The summed E-state index contributed by atoms with van der Waals surface area (Å²) in [6.07, 6.45) is 3.27. The predicted molar refractivity (Wildman–Crippen MR) is 63.2 cm³/mol. The van der Waals surface area contributed by atoms with E-state index in [1.807, 2.05) is 18.2 Å².